The van der Waals surface area contributed by atoms with Gasteiger partial charge >= 0.3 is 6.09 Å². The minimum absolute atomic E-state index is 0.00887. The van der Waals surface area contributed by atoms with E-state index >= 15 is 0 Å². The highest BCUT2D eigenvalue weighted by atomic mass is 79.9. The maximum atomic E-state index is 14.6. The second-order valence-electron chi connectivity index (χ2n) is 10.3. The molecule has 4 rings (SSSR count). The van der Waals surface area contributed by atoms with E-state index in [1.54, 1.807) is 39.0 Å². The van der Waals surface area contributed by atoms with Gasteiger partial charge in [-0.05, 0) is 63.6 Å². The lowest BCUT2D eigenvalue weighted by atomic mass is 10.1. The van der Waals surface area contributed by atoms with Gasteiger partial charge in [0.1, 0.15) is 22.9 Å². The number of alkyl carbamates (subject to hydrolysis) is 1. The Balaban J connectivity index is 1.58. The molecule has 1 saturated heterocycles. The summed E-state index contributed by atoms with van der Waals surface area (Å²) in [6.07, 6.45) is 1.32. The summed E-state index contributed by atoms with van der Waals surface area (Å²) in [5.74, 6) is -0.864. The summed E-state index contributed by atoms with van der Waals surface area (Å²) in [6.45, 7) is 5.58. The van der Waals surface area contributed by atoms with Crippen LogP contribution in [0.5, 0.6) is 5.75 Å². The average molecular weight is 616 g/mol. The third-order valence-corrected chi connectivity index (χ3v) is 6.66. The molecule has 1 aliphatic heterocycles. The summed E-state index contributed by atoms with van der Waals surface area (Å²) in [5, 5.41) is 15.9. The van der Waals surface area contributed by atoms with E-state index in [0.29, 0.717) is 24.3 Å². The molecule has 1 fully saturated rings. The van der Waals surface area contributed by atoms with E-state index in [9.17, 15) is 19.1 Å². The second kappa shape index (κ2) is 12.2. The van der Waals surface area contributed by atoms with Gasteiger partial charge in [-0.1, -0.05) is 22.0 Å². The summed E-state index contributed by atoms with van der Waals surface area (Å²) in [5.41, 5.74) is 0.538. The first-order chi connectivity index (χ1) is 19.0. The number of carbonyl (C=O) groups is 2. The molecular formula is C28H31BrFN5O5. The van der Waals surface area contributed by atoms with Crippen LogP contribution in [0.2, 0.25) is 0 Å². The molecule has 40 heavy (non-hydrogen) atoms. The first-order valence-corrected chi connectivity index (χ1v) is 13.4. The van der Waals surface area contributed by atoms with Crippen LogP contribution in [0, 0.1) is 5.82 Å². The molecular weight excluding hydrogens is 585 g/mol. The number of rotatable bonds is 7. The number of nitrogens with zero attached hydrogens (tertiary/aromatic N) is 3. The summed E-state index contributed by atoms with van der Waals surface area (Å²) in [4.78, 5) is 36.0. The quantitative estimate of drug-likeness (QED) is 0.347. The van der Waals surface area contributed by atoms with Crippen molar-refractivity contribution in [3.05, 3.63) is 64.6 Å². The number of anilines is 2. The Bertz CT molecular complexity index is 1400. The van der Waals surface area contributed by atoms with Crippen LogP contribution in [0.1, 0.15) is 37.7 Å². The van der Waals surface area contributed by atoms with Gasteiger partial charge < -0.3 is 30.1 Å². The number of benzene rings is 2. The number of aliphatic hydroxyl groups excluding tert-OH is 1. The van der Waals surface area contributed by atoms with Crippen molar-refractivity contribution in [2.24, 2.45) is 0 Å². The summed E-state index contributed by atoms with van der Waals surface area (Å²) in [6, 6.07) is 10.5. The monoisotopic (exact) mass is 615 g/mol. The largest absolute Gasteiger partial charge is 0.496 e. The van der Waals surface area contributed by atoms with E-state index in [4.69, 9.17) is 9.47 Å². The number of hydrogen-bond donors (Lipinski definition) is 3. The van der Waals surface area contributed by atoms with Crippen LogP contribution in [0.25, 0.3) is 11.4 Å². The lowest BCUT2D eigenvalue weighted by molar-refractivity contribution is 0.0507. The number of ether oxygens (including phenoxy) is 2. The molecule has 0 bridgehead atoms. The number of nitrogens with one attached hydrogen (secondary N) is 2. The van der Waals surface area contributed by atoms with Crippen LogP contribution in [-0.4, -0.2) is 65.0 Å². The normalized spacial score (nSPS) is 16.9. The van der Waals surface area contributed by atoms with Crippen molar-refractivity contribution in [3.8, 4) is 17.1 Å². The molecule has 2 heterocycles. The zero-order valence-corrected chi connectivity index (χ0v) is 24.2. The van der Waals surface area contributed by atoms with Crippen LogP contribution in [-0.2, 0) is 4.74 Å². The Morgan fingerprint density at radius 3 is 2.70 bits per heavy atom. The predicted molar refractivity (Wildman–Crippen MR) is 152 cm³/mol. The lowest BCUT2D eigenvalue weighted by Crippen LogP contribution is -2.40. The van der Waals surface area contributed by atoms with E-state index in [1.807, 2.05) is 11.0 Å². The fraction of sp³-hybridized carbons (Fsp3) is 0.357. The standard InChI is InChI=1S/C28H31BrFN5O5/c1-28(2,3)40-27(38)32-17-13-18(15-36)35(14-17)22-12-16(29)8-9-20(22)34-26(37)21-10-11-31-25(33-21)24-19(30)6-5-7-23(24)39-4/h5-12,17-18,36H,13-15H2,1-4H3,(H,32,38)(H,34,37). The van der Waals surface area contributed by atoms with Crippen molar-refractivity contribution in [1.82, 2.24) is 15.3 Å². The van der Waals surface area contributed by atoms with Gasteiger partial charge in [-0.15, -0.1) is 0 Å². The Morgan fingerprint density at radius 2 is 2.00 bits per heavy atom. The molecule has 1 aliphatic rings. The molecule has 0 spiro atoms. The molecule has 3 N–H and O–H groups in total. The number of methoxy groups -OCH3 is 1. The van der Waals surface area contributed by atoms with Crippen molar-refractivity contribution in [3.63, 3.8) is 0 Å². The highest BCUT2D eigenvalue weighted by Gasteiger charge is 2.35. The van der Waals surface area contributed by atoms with Gasteiger partial charge in [0, 0.05) is 17.2 Å². The number of aliphatic hydroxyl groups is 1. The number of hydrogen-bond acceptors (Lipinski definition) is 8. The van der Waals surface area contributed by atoms with Crippen molar-refractivity contribution < 1.29 is 28.6 Å². The number of halogens is 2. The van der Waals surface area contributed by atoms with E-state index < -0.39 is 23.4 Å². The highest BCUT2D eigenvalue weighted by Crippen LogP contribution is 2.35. The van der Waals surface area contributed by atoms with E-state index in [-0.39, 0.29) is 41.5 Å². The molecule has 12 heteroatoms. The van der Waals surface area contributed by atoms with Gasteiger partial charge in [0.25, 0.3) is 5.91 Å². The minimum atomic E-state index is -0.640. The smallest absolute Gasteiger partial charge is 0.407 e. The Morgan fingerprint density at radius 1 is 1.23 bits per heavy atom. The predicted octanol–water partition coefficient (Wildman–Crippen LogP) is 4.77. The van der Waals surface area contributed by atoms with Gasteiger partial charge in [-0.3, -0.25) is 4.79 Å². The SMILES string of the molecule is COc1cccc(F)c1-c1nccc(C(=O)Nc2ccc(Br)cc2N2CC(NC(=O)OC(C)(C)C)CC2CO)n1. The molecule has 3 aromatic rings. The van der Waals surface area contributed by atoms with Gasteiger partial charge in [0.05, 0.1) is 42.7 Å². The van der Waals surface area contributed by atoms with Crippen molar-refractivity contribution in [1.29, 1.82) is 0 Å². The first kappa shape index (κ1) is 29.2. The van der Waals surface area contributed by atoms with Crippen LogP contribution < -0.4 is 20.3 Å². The van der Waals surface area contributed by atoms with E-state index in [0.717, 1.165) is 4.47 Å². The number of aromatic nitrogens is 2. The fourth-order valence-corrected chi connectivity index (χ4v) is 4.84. The van der Waals surface area contributed by atoms with Crippen molar-refractivity contribution in [2.75, 3.05) is 30.5 Å². The van der Waals surface area contributed by atoms with Crippen LogP contribution >= 0.6 is 15.9 Å². The van der Waals surface area contributed by atoms with Gasteiger partial charge in [0.15, 0.2) is 5.82 Å². The maximum absolute atomic E-state index is 14.6. The van der Waals surface area contributed by atoms with Crippen LogP contribution in [0.15, 0.2) is 53.1 Å². The molecule has 2 amide bonds. The molecule has 10 nitrogen and oxygen atoms in total. The minimum Gasteiger partial charge on any atom is -0.496 e. The van der Waals surface area contributed by atoms with Crippen molar-refractivity contribution in [2.45, 2.75) is 44.9 Å². The average Bonchev–Trinajstić information content (AvgIpc) is 3.30. The molecule has 212 valence electrons. The Kier molecular flexibility index (Phi) is 8.89. The third kappa shape index (κ3) is 6.86. The number of amides is 2. The second-order valence-corrected chi connectivity index (χ2v) is 11.2. The van der Waals surface area contributed by atoms with Gasteiger partial charge in [0.2, 0.25) is 0 Å². The van der Waals surface area contributed by atoms with Gasteiger partial charge in [-0.25, -0.2) is 19.2 Å². The lowest BCUT2D eigenvalue weighted by Gasteiger charge is -2.28. The van der Waals surface area contributed by atoms with E-state index in [1.165, 1.54) is 31.5 Å². The Labute approximate surface area is 240 Å². The van der Waals surface area contributed by atoms with Crippen molar-refractivity contribution >= 4 is 39.3 Å². The summed E-state index contributed by atoms with van der Waals surface area (Å²) in [7, 11) is 1.41. The summed E-state index contributed by atoms with van der Waals surface area (Å²) < 4.78 is 26.0. The third-order valence-electron chi connectivity index (χ3n) is 6.17. The summed E-state index contributed by atoms with van der Waals surface area (Å²) >= 11 is 3.48. The molecule has 1 aromatic heterocycles. The molecule has 0 aliphatic carbocycles. The van der Waals surface area contributed by atoms with Crippen LogP contribution in [0.3, 0.4) is 0 Å². The fourth-order valence-electron chi connectivity index (χ4n) is 4.50. The zero-order chi connectivity index (χ0) is 29.0. The van der Waals surface area contributed by atoms with E-state index in [2.05, 4.69) is 36.5 Å². The molecule has 2 aromatic carbocycles. The van der Waals surface area contributed by atoms with Gasteiger partial charge in [-0.2, -0.15) is 0 Å². The molecule has 0 radical (unpaired) electrons. The topological polar surface area (TPSA) is 126 Å². The van der Waals surface area contributed by atoms with Crippen LogP contribution in [0.4, 0.5) is 20.6 Å². The Hall–Kier alpha value is -3.77. The molecule has 0 saturated carbocycles. The zero-order valence-electron chi connectivity index (χ0n) is 22.6. The maximum Gasteiger partial charge on any atom is 0.407 e. The molecule has 2 atom stereocenters. The highest BCUT2D eigenvalue weighted by molar-refractivity contribution is 9.10. The molecule has 2 unspecified atom stereocenters. The number of carbonyl (C=O) groups excluding carboxylic acids is 2. The first-order valence-electron chi connectivity index (χ1n) is 12.6.